The van der Waals surface area contributed by atoms with E-state index in [0.717, 1.165) is 17.3 Å². The van der Waals surface area contributed by atoms with Crippen LogP contribution in [0.25, 0.3) is 0 Å². The molecule has 1 aromatic carbocycles. The van der Waals surface area contributed by atoms with Crippen molar-refractivity contribution in [1.82, 2.24) is 0 Å². The van der Waals surface area contributed by atoms with Crippen LogP contribution in [0.2, 0.25) is 0 Å². The molecule has 2 nitrogen and oxygen atoms in total. The summed E-state index contributed by atoms with van der Waals surface area (Å²) >= 11 is 3.37. The first-order valence-electron chi connectivity index (χ1n) is 7.14. The molecule has 0 saturated carbocycles. The molecule has 3 unspecified atom stereocenters. The van der Waals surface area contributed by atoms with E-state index in [2.05, 4.69) is 35.0 Å². The average molecular weight is 337 g/mol. The molecule has 0 fully saturated rings. The van der Waals surface area contributed by atoms with E-state index in [1.54, 1.807) is 0 Å². The van der Waals surface area contributed by atoms with Crippen molar-refractivity contribution in [3.8, 4) is 0 Å². The first-order valence-corrected chi connectivity index (χ1v) is 7.93. The lowest BCUT2D eigenvalue weighted by Gasteiger charge is -2.26. The van der Waals surface area contributed by atoms with Crippen molar-refractivity contribution in [3.05, 3.63) is 46.5 Å². The topological polar surface area (TPSA) is 26.3 Å². The molecular weight excluding hydrogens is 316 g/mol. The summed E-state index contributed by atoms with van der Waals surface area (Å²) in [6.45, 7) is 4.75. The van der Waals surface area contributed by atoms with Crippen LogP contribution in [-0.2, 0) is 4.74 Å². The van der Waals surface area contributed by atoms with Crippen molar-refractivity contribution in [2.45, 2.75) is 32.8 Å². The Kier molecular flexibility index (Phi) is 5.55. The monoisotopic (exact) mass is 336 g/mol. The van der Waals surface area contributed by atoms with Gasteiger partial charge in [0, 0.05) is 10.0 Å². The molecule has 0 aliphatic heterocycles. The summed E-state index contributed by atoms with van der Waals surface area (Å²) in [6, 6.07) is 7.43. The van der Waals surface area contributed by atoms with E-state index < -0.39 is 0 Å². The molecule has 0 radical (unpaired) electrons. The van der Waals surface area contributed by atoms with Gasteiger partial charge in [0.1, 0.15) is 6.10 Å². The summed E-state index contributed by atoms with van der Waals surface area (Å²) in [5, 5.41) is 0. The Morgan fingerprint density at radius 2 is 1.95 bits per heavy atom. The van der Waals surface area contributed by atoms with Gasteiger partial charge in [0.05, 0.1) is 6.61 Å². The smallest absolute Gasteiger partial charge is 0.191 e. The second-order valence-corrected chi connectivity index (χ2v) is 6.44. The molecule has 0 bridgehead atoms. The van der Waals surface area contributed by atoms with Gasteiger partial charge in [-0.3, -0.25) is 4.79 Å². The summed E-state index contributed by atoms with van der Waals surface area (Å²) in [7, 11) is 0. The third-order valence-corrected chi connectivity index (χ3v) is 4.51. The third kappa shape index (κ3) is 4.03. The minimum atomic E-state index is -0.380. The predicted molar refractivity (Wildman–Crippen MR) is 84.9 cm³/mol. The number of rotatable bonds is 5. The first kappa shape index (κ1) is 15.5. The molecule has 3 atom stereocenters. The third-order valence-electron chi connectivity index (χ3n) is 3.98. The number of hydrogen-bond acceptors (Lipinski definition) is 2. The van der Waals surface area contributed by atoms with Crippen LogP contribution in [0.1, 0.15) is 37.0 Å². The van der Waals surface area contributed by atoms with Crippen molar-refractivity contribution in [2.24, 2.45) is 11.8 Å². The number of allylic oxidation sites excluding steroid dienone is 2. The fourth-order valence-electron chi connectivity index (χ4n) is 2.43. The molecule has 1 aliphatic rings. The molecule has 1 aromatic rings. The lowest BCUT2D eigenvalue weighted by molar-refractivity contribution is 0.0256. The van der Waals surface area contributed by atoms with Gasteiger partial charge in [-0.2, -0.15) is 0 Å². The Bertz CT molecular complexity index is 478. The van der Waals surface area contributed by atoms with Gasteiger partial charge in [-0.15, -0.1) is 0 Å². The van der Waals surface area contributed by atoms with Crippen LogP contribution >= 0.6 is 15.9 Å². The Morgan fingerprint density at radius 1 is 1.30 bits per heavy atom. The van der Waals surface area contributed by atoms with Crippen molar-refractivity contribution in [2.75, 3.05) is 6.61 Å². The Hall–Kier alpha value is -0.930. The first-order chi connectivity index (χ1) is 9.58. The van der Waals surface area contributed by atoms with Gasteiger partial charge in [-0.1, -0.05) is 47.1 Å². The summed E-state index contributed by atoms with van der Waals surface area (Å²) in [6.07, 6.45) is 6.24. The molecule has 0 amide bonds. The minimum Gasteiger partial charge on any atom is -0.370 e. The van der Waals surface area contributed by atoms with Gasteiger partial charge in [-0.05, 0) is 43.7 Å². The lowest BCUT2D eigenvalue weighted by atomic mass is 9.85. The molecule has 0 spiro atoms. The van der Waals surface area contributed by atoms with E-state index in [0.29, 0.717) is 24.0 Å². The molecule has 108 valence electrons. The number of ether oxygens (including phenoxy) is 1. The predicted octanol–water partition coefficient (Wildman–Crippen LogP) is 4.64. The van der Waals surface area contributed by atoms with Gasteiger partial charge in [0.2, 0.25) is 0 Å². The number of Topliss-reactive ketones (excluding diaryl/α,β-unsaturated/α-hetero) is 1. The molecule has 3 heteroatoms. The standard InChI is InChI=1S/C17H21BrO2/c1-12-5-3-4-6-15(12)11-20-13(2)17(19)14-7-9-16(18)10-8-14/h3-4,7-10,12-13,15H,5-6,11H2,1-2H3. The maximum absolute atomic E-state index is 12.3. The summed E-state index contributed by atoms with van der Waals surface area (Å²) in [4.78, 5) is 12.3. The molecular formula is C17H21BrO2. The second-order valence-electron chi connectivity index (χ2n) is 5.53. The zero-order chi connectivity index (χ0) is 14.5. The van der Waals surface area contributed by atoms with Gasteiger partial charge in [-0.25, -0.2) is 0 Å². The zero-order valence-corrected chi connectivity index (χ0v) is 13.6. The molecule has 0 heterocycles. The molecule has 0 aromatic heterocycles. The molecule has 0 saturated heterocycles. The van der Waals surface area contributed by atoms with Crippen LogP contribution < -0.4 is 0 Å². The molecule has 0 N–H and O–H groups in total. The number of halogens is 1. The SMILES string of the molecule is CC(OCC1CC=CCC1C)C(=O)c1ccc(Br)cc1. The van der Waals surface area contributed by atoms with E-state index in [1.807, 2.05) is 31.2 Å². The molecule has 2 rings (SSSR count). The number of hydrogen-bond donors (Lipinski definition) is 0. The van der Waals surface area contributed by atoms with Crippen LogP contribution in [0.3, 0.4) is 0 Å². The normalized spacial score (nSPS) is 23.6. The van der Waals surface area contributed by atoms with Gasteiger partial charge < -0.3 is 4.74 Å². The number of ketones is 1. The quantitative estimate of drug-likeness (QED) is 0.578. The summed E-state index contributed by atoms with van der Waals surface area (Å²) in [5.41, 5.74) is 0.706. The van der Waals surface area contributed by atoms with E-state index in [1.165, 1.54) is 0 Å². The van der Waals surface area contributed by atoms with E-state index in [9.17, 15) is 4.79 Å². The van der Waals surface area contributed by atoms with Crippen molar-refractivity contribution < 1.29 is 9.53 Å². The summed E-state index contributed by atoms with van der Waals surface area (Å²) < 4.78 is 6.78. The highest BCUT2D eigenvalue weighted by Gasteiger charge is 2.22. The maximum atomic E-state index is 12.3. The van der Waals surface area contributed by atoms with Crippen LogP contribution in [0.15, 0.2) is 40.9 Å². The van der Waals surface area contributed by atoms with Crippen molar-refractivity contribution in [1.29, 1.82) is 0 Å². The fraction of sp³-hybridized carbons (Fsp3) is 0.471. The van der Waals surface area contributed by atoms with Crippen molar-refractivity contribution in [3.63, 3.8) is 0 Å². The Morgan fingerprint density at radius 3 is 2.60 bits per heavy atom. The second kappa shape index (κ2) is 7.19. The van der Waals surface area contributed by atoms with E-state index in [4.69, 9.17) is 4.74 Å². The number of carbonyl (C=O) groups excluding carboxylic acids is 1. The number of carbonyl (C=O) groups is 1. The highest BCUT2D eigenvalue weighted by Crippen LogP contribution is 2.25. The Balaban J connectivity index is 1.88. The van der Waals surface area contributed by atoms with Gasteiger partial charge in [0.15, 0.2) is 5.78 Å². The highest BCUT2D eigenvalue weighted by molar-refractivity contribution is 9.10. The Labute approximate surface area is 129 Å². The van der Waals surface area contributed by atoms with Crippen molar-refractivity contribution >= 4 is 21.7 Å². The summed E-state index contributed by atoms with van der Waals surface area (Å²) in [5.74, 6) is 1.21. The lowest BCUT2D eigenvalue weighted by Crippen LogP contribution is -2.27. The van der Waals surface area contributed by atoms with Crippen LogP contribution in [0.5, 0.6) is 0 Å². The molecule has 1 aliphatic carbocycles. The van der Waals surface area contributed by atoms with Gasteiger partial charge >= 0.3 is 0 Å². The average Bonchev–Trinajstić information content (AvgIpc) is 2.46. The van der Waals surface area contributed by atoms with Crippen LogP contribution in [0, 0.1) is 11.8 Å². The zero-order valence-electron chi connectivity index (χ0n) is 12.0. The van der Waals surface area contributed by atoms with Crippen LogP contribution in [-0.4, -0.2) is 18.5 Å². The van der Waals surface area contributed by atoms with Crippen LogP contribution in [0.4, 0.5) is 0 Å². The maximum Gasteiger partial charge on any atom is 0.191 e. The highest BCUT2D eigenvalue weighted by atomic mass is 79.9. The van der Waals surface area contributed by atoms with E-state index in [-0.39, 0.29) is 11.9 Å². The van der Waals surface area contributed by atoms with E-state index >= 15 is 0 Å². The van der Waals surface area contributed by atoms with Gasteiger partial charge in [0.25, 0.3) is 0 Å². The number of benzene rings is 1. The largest absolute Gasteiger partial charge is 0.370 e. The fourth-order valence-corrected chi connectivity index (χ4v) is 2.70. The minimum absolute atomic E-state index is 0.0523. The molecule has 20 heavy (non-hydrogen) atoms.